The average molecular weight is 267 g/mol. The summed E-state index contributed by atoms with van der Waals surface area (Å²) in [5.74, 6) is -1.06. The number of aromatic nitrogens is 2. The van der Waals surface area contributed by atoms with Crippen molar-refractivity contribution in [3.05, 3.63) is 17.7 Å². The summed E-state index contributed by atoms with van der Waals surface area (Å²) in [5, 5.41) is 9.23. The van der Waals surface area contributed by atoms with Gasteiger partial charge in [0.05, 0.1) is 24.3 Å². The molecule has 2 N–H and O–H groups in total. The Morgan fingerprint density at radius 3 is 2.79 bits per heavy atom. The molecule has 0 bridgehead atoms. The van der Waals surface area contributed by atoms with Crippen LogP contribution in [0.3, 0.4) is 0 Å². The number of carbonyl (C=O) groups excluding carboxylic acids is 1. The average Bonchev–Trinajstić information content (AvgIpc) is 2.71. The number of carboxylic acid groups (broad SMARTS) is 1. The molecule has 1 atom stereocenters. The maximum absolute atomic E-state index is 12.1. The number of ether oxygens (including phenoxy) is 1. The van der Waals surface area contributed by atoms with Crippen LogP contribution in [0.25, 0.3) is 0 Å². The highest BCUT2D eigenvalue weighted by atomic mass is 16.6. The molecule has 1 aliphatic heterocycles. The van der Waals surface area contributed by atoms with Crippen molar-refractivity contribution in [3.8, 4) is 0 Å². The van der Waals surface area contributed by atoms with Crippen LogP contribution in [0.15, 0.2) is 6.33 Å². The minimum Gasteiger partial charge on any atom is -0.480 e. The van der Waals surface area contributed by atoms with Gasteiger partial charge in [0.1, 0.15) is 11.6 Å². The first-order chi connectivity index (χ1) is 8.78. The third-order valence-corrected chi connectivity index (χ3v) is 2.81. The van der Waals surface area contributed by atoms with Crippen LogP contribution < -0.4 is 0 Å². The highest BCUT2D eigenvalue weighted by Gasteiger charge is 2.38. The molecule has 0 unspecified atom stereocenters. The van der Waals surface area contributed by atoms with Crippen LogP contribution in [-0.2, 0) is 22.5 Å². The molecule has 0 aromatic carbocycles. The zero-order valence-corrected chi connectivity index (χ0v) is 11.1. The molecule has 1 amide bonds. The Labute approximate surface area is 110 Å². The van der Waals surface area contributed by atoms with Crippen LogP contribution in [-0.4, -0.2) is 43.7 Å². The van der Waals surface area contributed by atoms with E-state index in [1.807, 2.05) is 0 Å². The van der Waals surface area contributed by atoms with Gasteiger partial charge >= 0.3 is 12.1 Å². The molecule has 1 aliphatic rings. The topological polar surface area (TPSA) is 95.5 Å². The second-order valence-corrected chi connectivity index (χ2v) is 5.49. The number of amides is 1. The maximum Gasteiger partial charge on any atom is 0.411 e. The number of fused-ring (bicyclic) bond motifs is 1. The Morgan fingerprint density at radius 2 is 2.21 bits per heavy atom. The van der Waals surface area contributed by atoms with Crippen molar-refractivity contribution in [1.29, 1.82) is 0 Å². The van der Waals surface area contributed by atoms with E-state index in [9.17, 15) is 14.7 Å². The summed E-state index contributed by atoms with van der Waals surface area (Å²) in [5.41, 5.74) is 0.782. The number of nitrogens with one attached hydrogen (secondary N) is 1. The molecule has 104 valence electrons. The summed E-state index contributed by atoms with van der Waals surface area (Å²) in [7, 11) is 0. The Morgan fingerprint density at radius 1 is 1.53 bits per heavy atom. The van der Waals surface area contributed by atoms with Crippen molar-refractivity contribution in [2.24, 2.45) is 0 Å². The lowest BCUT2D eigenvalue weighted by atomic mass is 10.0. The molecule has 0 aliphatic carbocycles. The van der Waals surface area contributed by atoms with Crippen LogP contribution in [0.5, 0.6) is 0 Å². The molecule has 0 radical (unpaired) electrons. The van der Waals surface area contributed by atoms with Crippen LogP contribution in [0.1, 0.15) is 32.2 Å². The molecular formula is C12H17N3O4. The number of aromatic amines is 1. The number of nitrogens with zero attached hydrogens (tertiary/aromatic N) is 2. The molecule has 2 heterocycles. The monoisotopic (exact) mass is 267 g/mol. The van der Waals surface area contributed by atoms with Gasteiger partial charge in [0.25, 0.3) is 0 Å². The quantitative estimate of drug-likeness (QED) is 0.796. The molecule has 7 nitrogen and oxygen atoms in total. The van der Waals surface area contributed by atoms with Crippen molar-refractivity contribution < 1.29 is 19.4 Å². The fourth-order valence-electron chi connectivity index (χ4n) is 1.97. The van der Waals surface area contributed by atoms with Gasteiger partial charge in [-0.05, 0) is 20.8 Å². The van der Waals surface area contributed by atoms with Gasteiger partial charge in [0.15, 0.2) is 0 Å². The third-order valence-electron chi connectivity index (χ3n) is 2.81. The summed E-state index contributed by atoms with van der Waals surface area (Å²) in [6.45, 7) is 5.39. The van der Waals surface area contributed by atoms with E-state index >= 15 is 0 Å². The van der Waals surface area contributed by atoms with Gasteiger partial charge in [0, 0.05) is 6.42 Å². The zero-order valence-electron chi connectivity index (χ0n) is 11.1. The molecule has 0 saturated heterocycles. The fourth-order valence-corrected chi connectivity index (χ4v) is 1.97. The number of hydrogen-bond acceptors (Lipinski definition) is 4. The van der Waals surface area contributed by atoms with Crippen LogP contribution in [0, 0.1) is 0 Å². The standard InChI is InChI=1S/C12H17N3O4/c1-12(2,3)19-11(18)15-5-8-7(13-6-14-8)4-9(15)10(16)17/h6,9H,4-5H2,1-3H3,(H,13,14)(H,16,17)/t9-/m0/s1. The van der Waals surface area contributed by atoms with Crippen molar-refractivity contribution in [1.82, 2.24) is 14.9 Å². The predicted octanol–water partition coefficient (Wildman–Crippen LogP) is 1.16. The first-order valence-corrected chi connectivity index (χ1v) is 6.01. The number of carbonyl (C=O) groups is 2. The fraction of sp³-hybridized carbons (Fsp3) is 0.583. The van der Waals surface area contributed by atoms with E-state index < -0.39 is 23.7 Å². The van der Waals surface area contributed by atoms with Gasteiger partial charge in [-0.3, -0.25) is 4.90 Å². The minimum atomic E-state index is -1.06. The van der Waals surface area contributed by atoms with E-state index in [0.29, 0.717) is 5.69 Å². The molecule has 0 saturated carbocycles. The minimum absolute atomic E-state index is 0.168. The number of H-pyrrole nitrogens is 1. The molecule has 7 heteroatoms. The second kappa shape index (κ2) is 4.56. The van der Waals surface area contributed by atoms with E-state index in [-0.39, 0.29) is 13.0 Å². The molecular weight excluding hydrogens is 250 g/mol. The summed E-state index contributed by atoms with van der Waals surface area (Å²) in [6.07, 6.45) is 1.07. The maximum atomic E-state index is 12.1. The lowest BCUT2D eigenvalue weighted by molar-refractivity contribution is -0.143. The van der Waals surface area contributed by atoms with Crippen molar-refractivity contribution in [2.45, 2.75) is 45.4 Å². The third kappa shape index (κ3) is 2.86. The van der Waals surface area contributed by atoms with Gasteiger partial charge in [0.2, 0.25) is 0 Å². The largest absolute Gasteiger partial charge is 0.480 e. The zero-order chi connectivity index (χ0) is 14.2. The van der Waals surface area contributed by atoms with Crippen LogP contribution in [0.2, 0.25) is 0 Å². The second-order valence-electron chi connectivity index (χ2n) is 5.49. The lowest BCUT2D eigenvalue weighted by Crippen LogP contribution is -2.50. The van der Waals surface area contributed by atoms with E-state index in [2.05, 4.69) is 9.97 Å². The summed E-state index contributed by atoms with van der Waals surface area (Å²) >= 11 is 0. The summed E-state index contributed by atoms with van der Waals surface area (Å²) < 4.78 is 5.24. The smallest absolute Gasteiger partial charge is 0.411 e. The summed E-state index contributed by atoms with van der Waals surface area (Å²) in [4.78, 5) is 31.5. The Balaban J connectivity index is 2.22. The molecule has 0 fully saturated rings. The van der Waals surface area contributed by atoms with E-state index in [1.165, 1.54) is 11.2 Å². The molecule has 0 spiro atoms. The van der Waals surface area contributed by atoms with Gasteiger partial charge < -0.3 is 14.8 Å². The highest BCUT2D eigenvalue weighted by molar-refractivity contribution is 5.81. The van der Waals surface area contributed by atoms with Crippen molar-refractivity contribution >= 4 is 12.1 Å². The number of hydrogen-bond donors (Lipinski definition) is 2. The SMILES string of the molecule is CC(C)(C)OC(=O)N1Cc2[nH]cnc2C[C@H]1C(=O)O. The normalized spacial score (nSPS) is 18.9. The number of imidazole rings is 1. The van der Waals surface area contributed by atoms with Crippen molar-refractivity contribution in [2.75, 3.05) is 0 Å². The predicted molar refractivity (Wildman–Crippen MR) is 65.5 cm³/mol. The lowest BCUT2D eigenvalue weighted by Gasteiger charge is -2.33. The van der Waals surface area contributed by atoms with Gasteiger partial charge in [-0.2, -0.15) is 0 Å². The van der Waals surface area contributed by atoms with Crippen molar-refractivity contribution in [3.63, 3.8) is 0 Å². The first-order valence-electron chi connectivity index (χ1n) is 6.01. The molecule has 1 aromatic rings. The number of carboxylic acids is 1. The highest BCUT2D eigenvalue weighted by Crippen LogP contribution is 2.23. The van der Waals surface area contributed by atoms with E-state index in [1.54, 1.807) is 20.8 Å². The Kier molecular flexibility index (Phi) is 3.21. The summed E-state index contributed by atoms with van der Waals surface area (Å²) in [6, 6.07) is -0.939. The van der Waals surface area contributed by atoms with E-state index in [4.69, 9.17) is 4.74 Å². The van der Waals surface area contributed by atoms with Gasteiger partial charge in [-0.15, -0.1) is 0 Å². The van der Waals surface area contributed by atoms with Crippen LogP contribution >= 0.6 is 0 Å². The van der Waals surface area contributed by atoms with Crippen LogP contribution in [0.4, 0.5) is 4.79 Å². The molecule has 1 aromatic heterocycles. The van der Waals surface area contributed by atoms with E-state index in [0.717, 1.165) is 5.69 Å². The molecule has 19 heavy (non-hydrogen) atoms. The Bertz CT molecular complexity index is 503. The number of rotatable bonds is 1. The van der Waals surface area contributed by atoms with Gasteiger partial charge in [-0.1, -0.05) is 0 Å². The first kappa shape index (κ1) is 13.4. The molecule has 2 rings (SSSR count). The van der Waals surface area contributed by atoms with Gasteiger partial charge in [-0.25, -0.2) is 14.6 Å². The number of aliphatic carboxylic acids is 1. The Hall–Kier alpha value is -2.05.